The molecule has 4 nitrogen and oxygen atoms in total. The van der Waals surface area contributed by atoms with Crippen LogP contribution in [0.15, 0.2) is 229 Å². The van der Waals surface area contributed by atoms with Crippen molar-refractivity contribution in [1.82, 2.24) is 15.0 Å². The lowest BCUT2D eigenvalue weighted by molar-refractivity contribution is 0.669. The van der Waals surface area contributed by atoms with Gasteiger partial charge in [0.15, 0.2) is 17.5 Å². The van der Waals surface area contributed by atoms with Crippen molar-refractivity contribution in [3.05, 3.63) is 247 Å². The Hall–Kier alpha value is -8.77. The summed E-state index contributed by atoms with van der Waals surface area (Å²) in [5.41, 5.74) is 18.9. The fourth-order valence-corrected chi connectivity index (χ4v) is 12.6. The Bertz CT molecular complexity index is 4230. The molecular formula is C64H37N3OS. The lowest BCUT2D eigenvalue weighted by atomic mass is 9.70. The van der Waals surface area contributed by atoms with Crippen LogP contribution >= 0.6 is 11.3 Å². The van der Waals surface area contributed by atoms with Crippen LogP contribution in [0.3, 0.4) is 0 Å². The Balaban J connectivity index is 0.907. The van der Waals surface area contributed by atoms with Gasteiger partial charge in [0.25, 0.3) is 0 Å². The van der Waals surface area contributed by atoms with Crippen molar-refractivity contribution in [2.45, 2.75) is 5.41 Å². The van der Waals surface area contributed by atoms with Gasteiger partial charge in [0.2, 0.25) is 0 Å². The smallest absolute Gasteiger partial charge is 0.164 e. The second-order valence-corrected chi connectivity index (χ2v) is 19.3. The second-order valence-electron chi connectivity index (χ2n) is 18.2. The number of nitrogens with zero attached hydrogens (tertiary/aromatic N) is 3. The molecule has 0 unspecified atom stereocenters. The zero-order valence-corrected chi connectivity index (χ0v) is 37.8. The van der Waals surface area contributed by atoms with E-state index in [1.165, 1.54) is 64.7 Å². The topological polar surface area (TPSA) is 51.8 Å². The van der Waals surface area contributed by atoms with Crippen LogP contribution in [0.1, 0.15) is 22.3 Å². The average Bonchev–Trinajstić information content (AvgIpc) is 4.16. The van der Waals surface area contributed by atoms with Crippen molar-refractivity contribution in [3.63, 3.8) is 0 Å². The summed E-state index contributed by atoms with van der Waals surface area (Å²) >= 11 is 1.81. The quantitative estimate of drug-likeness (QED) is 0.173. The molecule has 0 fully saturated rings. The van der Waals surface area contributed by atoms with Gasteiger partial charge in [0, 0.05) is 47.6 Å². The molecule has 0 saturated heterocycles. The molecule has 0 N–H and O–H groups in total. The van der Waals surface area contributed by atoms with E-state index in [1.807, 2.05) is 18.2 Å². The number of rotatable bonds is 5. The molecule has 69 heavy (non-hydrogen) atoms. The first kappa shape index (κ1) is 38.3. The summed E-state index contributed by atoms with van der Waals surface area (Å²) < 4.78 is 9.15. The largest absolute Gasteiger partial charge is 0.456 e. The highest BCUT2D eigenvalue weighted by Crippen LogP contribution is 2.63. The van der Waals surface area contributed by atoms with Gasteiger partial charge in [-0.25, -0.2) is 15.0 Å². The molecule has 0 saturated carbocycles. The van der Waals surface area contributed by atoms with E-state index in [2.05, 4.69) is 206 Å². The molecular weight excluding hydrogens is 859 g/mol. The third-order valence-corrected chi connectivity index (χ3v) is 15.7. The molecule has 13 aromatic rings. The molecule has 0 aliphatic heterocycles. The summed E-state index contributed by atoms with van der Waals surface area (Å²) in [5, 5.41) is 4.41. The Morgan fingerprint density at radius 1 is 0.304 bits per heavy atom. The van der Waals surface area contributed by atoms with Crippen LogP contribution in [0.2, 0.25) is 0 Å². The number of benzene rings is 10. The number of hydrogen-bond acceptors (Lipinski definition) is 5. The minimum atomic E-state index is -0.383. The number of thiophene rings is 1. The Morgan fingerprint density at radius 3 is 1.61 bits per heavy atom. The fraction of sp³-hybridized carbons (Fsp3) is 0.0156. The van der Waals surface area contributed by atoms with Crippen molar-refractivity contribution >= 4 is 53.4 Å². The van der Waals surface area contributed by atoms with E-state index in [0.717, 1.165) is 60.9 Å². The highest BCUT2D eigenvalue weighted by Gasteiger charge is 2.51. The maximum absolute atomic E-state index is 6.66. The molecule has 0 amide bonds. The van der Waals surface area contributed by atoms with Crippen LogP contribution in [-0.2, 0) is 5.41 Å². The molecule has 0 bridgehead atoms. The standard InChI is InChI=1S/C64H37N3OS/c1-2-14-38(15-3-1)39-16-12-17-42(34-39)61-65-62(43-30-33-59-50(37-43)47-21-7-11-27-58(47)69-59)67-63(66-61)48-22-13-26-57-60(48)51-36-41(29-32-56(51)68-57)40-28-31-55-49(35-40)46-20-6-10-25-54(46)64(55)52-23-8-4-18-44(52)45-19-5-9-24-53(45)64/h1-37H. The molecule has 2 aliphatic rings. The van der Waals surface area contributed by atoms with E-state index in [0.29, 0.717) is 17.5 Å². The van der Waals surface area contributed by atoms with Crippen LogP contribution in [-0.4, -0.2) is 15.0 Å². The van der Waals surface area contributed by atoms with Gasteiger partial charge < -0.3 is 4.42 Å². The summed E-state index contributed by atoms with van der Waals surface area (Å²) in [5.74, 6) is 1.81. The maximum atomic E-state index is 6.66. The van der Waals surface area contributed by atoms with Crippen LogP contribution < -0.4 is 0 Å². The molecule has 3 heterocycles. The number of aromatic nitrogens is 3. The zero-order chi connectivity index (χ0) is 45.2. The summed E-state index contributed by atoms with van der Waals surface area (Å²) in [7, 11) is 0. The minimum absolute atomic E-state index is 0.383. The van der Waals surface area contributed by atoms with Crippen molar-refractivity contribution in [3.8, 4) is 78.7 Å². The van der Waals surface area contributed by atoms with E-state index in [1.54, 1.807) is 11.3 Å². The predicted molar refractivity (Wildman–Crippen MR) is 283 cm³/mol. The number of hydrogen-bond donors (Lipinski definition) is 0. The van der Waals surface area contributed by atoms with Crippen molar-refractivity contribution < 1.29 is 4.42 Å². The molecule has 3 aromatic heterocycles. The highest BCUT2D eigenvalue weighted by atomic mass is 32.1. The molecule has 10 aromatic carbocycles. The average molecular weight is 896 g/mol. The number of furan rings is 1. The van der Waals surface area contributed by atoms with Crippen LogP contribution in [0.5, 0.6) is 0 Å². The SMILES string of the molecule is c1ccc(-c2cccc(-c3nc(-c4ccc5sc6ccccc6c5c4)nc(-c4cccc5oc6ccc(-c7ccc8c(c7)-c7ccccc7C87c8ccccc8-c8ccccc87)cc6c45)n3)c2)cc1. The van der Waals surface area contributed by atoms with E-state index in [4.69, 9.17) is 19.4 Å². The van der Waals surface area contributed by atoms with Gasteiger partial charge in [-0.05, 0) is 121 Å². The first-order chi connectivity index (χ1) is 34.2. The summed E-state index contributed by atoms with van der Waals surface area (Å²) in [6.45, 7) is 0. The van der Waals surface area contributed by atoms with Gasteiger partial charge >= 0.3 is 0 Å². The normalized spacial score (nSPS) is 13.0. The molecule has 0 atom stereocenters. The van der Waals surface area contributed by atoms with Gasteiger partial charge in [-0.2, -0.15) is 0 Å². The number of fused-ring (bicyclic) bond motifs is 16. The summed E-state index contributed by atoms with van der Waals surface area (Å²) in [4.78, 5) is 15.9. The van der Waals surface area contributed by atoms with Crippen molar-refractivity contribution in [1.29, 1.82) is 0 Å². The first-order valence-corrected chi connectivity index (χ1v) is 24.2. The molecule has 1 spiro atoms. The van der Waals surface area contributed by atoms with E-state index < -0.39 is 0 Å². The Morgan fingerprint density at radius 2 is 0.826 bits per heavy atom. The molecule has 5 heteroatoms. The van der Waals surface area contributed by atoms with E-state index >= 15 is 0 Å². The van der Waals surface area contributed by atoms with Crippen LogP contribution in [0.25, 0.3) is 121 Å². The molecule has 320 valence electrons. The van der Waals surface area contributed by atoms with Crippen LogP contribution in [0, 0.1) is 0 Å². The molecule has 0 radical (unpaired) electrons. The van der Waals surface area contributed by atoms with Gasteiger partial charge in [0.05, 0.1) is 5.41 Å². The maximum Gasteiger partial charge on any atom is 0.164 e. The highest BCUT2D eigenvalue weighted by molar-refractivity contribution is 7.25. The Labute approximate surface area is 401 Å². The fourth-order valence-electron chi connectivity index (χ4n) is 11.6. The Kier molecular flexibility index (Phi) is 8.12. The van der Waals surface area contributed by atoms with Gasteiger partial charge in [0.1, 0.15) is 11.2 Å². The summed E-state index contributed by atoms with van der Waals surface area (Å²) in [6.07, 6.45) is 0. The van der Waals surface area contributed by atoms with Crippen molar-refractivity contribution in [2.75, 3.05) is 0 Å². The van der Waals surface area contributed by atoms with E-state index in [-0.39, 0.29) is 5.41 Å². The van der Waals surface area contributed by atoms with Crippen LogP contribution in [0.4, 0.5) is 0 Å². The van der Waals surface area contributed by atoms with E-state index in [9.17, 15) is 0 Å². The minimum Gasteiger partial charge on any atom is -0.456 e. The molecule has 2 aliphatic carbocycles. The summed E-state index contributed by atoms with van der Waals surface area (Å²) in [6, 6.07) is 80.9. The zero-order valence-electron chi connectivity index (χ0n) is 37.0. The van der Waals surface area contributed by atoms with Gasteiger partial charge in [-0.15, -0.1) is 11.3 Å². The lowest BCUT2D eigenvalue weighted by Crippen LogP contribution is -2.25. The second kappa shape index (κ2) is 14.6. The van der Waals surface area contributed by atoms with Gasteiger partial charge in [-0.1, -0.05) is 170 Å². The lowest BCUT2D eigenvalue weighted by Gasteiger charge is -2.30. The van der Waals surface area contributed by atoms with Crippen molar-refractivity contribution in [2.24, 2.45) is 0 Å². The first-order valence-electron chi connectivity index (χ1n) is 23.4. The molecule has 15 rings (SSSR count). The third-order valence-electron chi connectivity index (χ3n) is 14.6. The monoisotopic (exact) mass is 895 g/mol. The predicted octanol–water partition coefficient (Wildman–Crippen LogP) is 16.8. The third kappa shape index (κ3) is 5.59. The van der Waals surface area contributed by atoms with Gasteiger partial charge in [-0.3, -0.25) is 0 Å².